The van der Waals surface area contributed by atoms with E-state index in [9.17, 15) is 43.2 Å². The van der Waals surface area contributed by atoms with Crippen molar-refractivity contribution in [2.45, 2.75) is 355 Å². The number of unbranched alkanes of at least 4 members (excludes halogenated alkanes) is 36. The van der Waals surface area contributed by atoms with Gasteiger partial charge in [0.2, 0.25) is 0 Å². The number of phosphoric ester groups is 2. The third-order valence-electron chi connectivity index (χ3n) is 15.5. The van der Waals surface area contributed by atoms with Crippen molar-refractivity contribution in [3.63, 3.8) is 0 Å². The molecule has 0 aromatic carbocycles. The molecule has 5 atom stereocenters. The highest BCUT2D eigenvalue weighted by Crippen LogP contribution is 2.45. The van der Waals surface area contributed by atoms with Crippen LogP contribution in [-0.2, 0) is 65.4 Å². The topological polar surface area (TPSA) is 237 Å². The van der Waals surface area contributed by atoms with Crippen LogP contribution in [0.25, 0.3) is 0 Å². The Balaban J connectivity index is 5.22. The highest BCUT2D eigenvalue weighted by molar-refractivity contribution is 7.47. The number of esters is 4. The van der Waals surface area contributed by atoms with Gasteiger partial charge in [0.1, 0.15) is 19.3 Å². The molecular weight excluding hydrogens is 1140 g/mol. The van der Waals surface area contributed by atoms with Crippen LogP contribution in [0.2, 0.25) is 0 Å². The lowest BCUT2D eigenvalue weighted by Gasteiger charge is -2.21. The van der Waals surface area contributed by atoms with Crippen LogP contribution >= 0.6 is 15.6 Å². The van der Waals surface area contributed by atoms with E-state index in [4.69, 9.17) is 37.0 Å². The van der Waals surface area contributed by atoms with Gasteiger partial charge in [-0.2, -0.15) is 0 Å². The van der Waals surface area contributed by atoms with Gasteiger partial charge in [-0.05, 0) is 37.5 Å². The van der Waals surface area contributed by atoms with Gasteiger partial charge in [-0.1, -0.05) is 286 Å². The third kappa shape index (κ3) is 60.9. The lowest BCUT2D eigenvalue weighted by atomic mass is 10.0. The van der Waals surface area contributed by atoms with Crippen molar-refractivity contribution in [1.29, 1.82) is 0 Å². The molecule has 17 nitrogen and oxygen atoms in total. The molecule has 86 heavy (non-hydrogen) atoms. The quantitative estimate of drug-likeness (QED) is 0.0222. The van der Waals surface area contributed by atoms with Crippen LogP contribution in [0.15, 0.2) is 0 Å². The van der Waals surface area contributed by atoms with E-state index in [1.165, 1.54) is 148 Å². The lowest BCUT2D eigenvalue weighted by Crippen LogP contribution is -2.30. The van der Waals surface area contributed by atoms with Crippen LogP contribution in [0.5, 0.6) is 0 Å². The number of carbonyl (C=O) groups is 4. The molecule has 0 bridgehead atoms. The average Bonchev–Trinajstić information content (AvgIpc) is 3.54. The molecular formula is C67H130O17P2. The van der Waals surface area contributed by atoms with Crippen molar-refractivity contribution in [2.24, 2.45) is 11.8 Å². The zero-order valence-electron chi connectivity index (χ0n) is 55.6. The Bertz CT molecular complexity index is 1680. The van der Waals surface area contributed by atoms with Crippen molar-refractivity contribution >= 4 is 39.5 Å². The minimum Gasteiger partial charge on any atom is -0.462 e. The summed E-state index contributed by atoms with van der Waals surface area (Å²) in [6, 6.07) is 0. The fraction of sp³-hybridized carbons (Fsp3) is 0.940. The minimum atomic E-state index is -4.95. The maximum Gasteiger partial charge on any atom is 0.472 e. The molecule has 0 radical (unpaired) electrons. The van der Waals surface area contributed by atoms with Crippen LogP contribution < -0.4 is 0 Å². The Morgan fingerprint density at radius 3 is 0.791 bits per heavy atom. The minimum absolute atomic E-state index is 0.103. The summed E-state index contributed by atoms with van der Waals surface area (Å²) in [4.78, 5) is 72.3. The summed E-state index contributed by atoms with van der Waals surface area (Å²) in [5, 5.41) is 10.5. The highest BCUT2D eigenvalue weighted by Gasteiger charge is 2.30. The number of hydrogen-bond acceptors (Lipinski definition) is 15. The summed E-state index contributed by atoms with van der Waals surface area (Å²) >= 11 is 0. The summed E-state index contributed by atoms with van der Waals surface area (Å²) in [6.07, 6.45) is 43.2. The zero-order chi connectivity index (χ0) is 63.6. The number of rotatable bonds is 66. The van der Waals surface area contributed by atoms with Crippen LogP contribution in [0, 0.1) is 11.8 Å². The Labute approximate surface area is 524 Å². The molecule has 0 aliphatic heterocycles. The number of hydrogen-bond donors (Lipinski definition) is 3. The molecule has 0 aromatic rings. The van der Waals surface area contributed by atoms with Gasteiger partial charge in [0.15, 0.2) is 12.2 Å². The zero-order valence-corrected chi connectivity index (χ0v) is 57.4. The van der Waals surface area contributed by atoms with Gasteiger partial charge in [-0.3, -0.25) is 37.3 Å². The second kappa shape index (κ2) is 59.4. The number of carbonyl (C=O) groups excluding carboxylic acids is 4. The number of aliphatic hydroxyl groups excluding tert-OH is 1. The fourth-order valence-corrected chi connectivity index (χ4v) is 11.6. The van der Waals surface area contributed by atoms with E-state index >= 15 is 0 Å². The second-order valence-corrected chi connectivity index (χ2v) is 28.1. The molecule has 0 fully saturated rings. The molecule has 0 aliphatic carbocycles. The van der Waals surface area contributed by atoms with Crippen molar-refractivity contribution in [1.82, 2.24) is 0 Å². The number of phosphoric acid groups is 2. The Morgan fingerprint density at radius 1 is 0.314 bits per heavy atom. The predicted molar refractivity (Wildman–Crippen MR) is 345 cm³/mol. The molecule has 19 heteroatoms. The number of aliphatic hydroxyl groups is 1. The smallest absolute Gasteiger partial charge is 0.462 e. The van der Waals surface area contributed by atoms with Gasteiger partial charge in [0.25, 0.3) is 0 Å². The Hall–Kier alpha value is -1.94. The van der Waals surface area contributed by atoms with E-state index in [0.717, 1.165) is 102 Å². The first-order valence-electron chi connectivity index (χ1n) is 35.0. The standard InChI is InChI=1S/C67H130O17P2/c1-7-9-11-13-15-17-18-19-20-21-22-23-26-33-39-45-51-66(71)83-62(56-78-65(70)50-44-38-32-27-24-25-29-35-41-47-59(3)4)57-81-85(73,74)79-53-61(68)54-80-86(75,76)82-58-63(55-77-64(69)49-43-37-31-16-14-12-10-8-2)84-67(72)52-46-40-34-28-30-36-42-48-60(5)6/h59-63,68H,7-58H2,1-6H3,(H,73,74)(H,75,76)/t61-,62-,63-/m1/s1. The first-order valence-corrected chi connectivity index (χ1v) is 38.0. The monoisotopic (exact) mass is 1270 g/mol. The summed E-state index contributed by atoms with van der Waals surface area (Å²) in [7, 11) is -9.89. The predicted octanol–water partition coefficient (Wildman–Crippen LogP) is 18.8. The molecule has 0 saturated carbocycles. The van der Waals surface area contributed by atoms with Crippen molar-refractivity contribution in [3.05, 3.63) is 0 Å². The number of ether oxygens (including phenoxy) is 4. The Morgan fingerprint density at radius 2 is 0.535 bits per heavy atom. The molecule has 0 rings (SSSR count). The summed E-state index contributed by atoms with van der Waals surface area (Å²) < 4.78 is 68.1. The fourth-order valence-electron chi connectivity index (χ4n) is 10.1. The van der Waals surface area contributed by atoms with Crippen LogP contribution in [0.3, 0.4) is 0 Å². The van der Waals surface area contributed by atoms with Crippen molar-refractivity contribution < 1.29 is 80.2 Å². The van der Waals surface area contributed by atoms with E-state index in [2.05, 4.69) is 41.5 Å². The van der Waals surface area contributed by atoms with Crippen LogP contribution in [0.4, 0.5) is 0 Å². The molecule has 0 aromatic heterocycles. The Kier molecular flexibility index (Phi) is 58.0. The molecule has 0 saturated heterocycles. The van der Waals surface area contributed by atoms with E-state index in [1.807, 2.05) is 0 Å². The van der Waals surface area contributed by atoms with Crippen molar-refractivity contribution in [3.8, 4) is 0 Å². The molecule has 2 unspecified atom stereocenters. The van der Waals surface area contributed by atoms with E-state index in [1.54, 1.807) is 0 Å². The van der Waals surface area contributed by atoms with Gasteiger partial charge in [0.05, 0.1) is 26.4 Å². The van der Waals surface area contributed by atoms with Gasteiger partial charge in [-0.15, -0.1) is 0 Å². The van der Waals surface area contributed by atoms with E-state index < -0.39 is 97.5 Å². The van der Waals surface area contributed by atoms with Gasteiger partial charge in [0, 0.05) is 25.7 Å². The molecule has 510 valence electrons. The van der Waals surface area contributed by atoms with Gasteiger partial charge < -0.3 is 33.8 Å². The maximum atomic E-state index is 13.0. The molecule has 0 amide bonds. The van der Waals surface area contributed by atoms with Crippen molar-refractivity contribution in [2.75, 3.05) is 39.6 Å². The second-order valence-electron chi connectivity index (χ2n) is 25.2. The average molecular weight is 1270 g/mol. The van der Waals surface area contributed by atoms with Gasteiger partial charge in [-0.25, -0.2) is 9.13 Å². The third-order valence-corrected chi connectivity index (χ3v) is 17.4. The maximum absolute atomic E-state index is 13.0. The SMILES string of the molecule is CCCCCCCCCCCCCCCCCCC(=O)O[C@H](COC(=O)CCCCCCCCCCCC(C)C)COP(=O)(O)OC[C@@H](O)COP(=O)(O)OC[C@@H](COC(=O)CCCCCCCCCC)OC(=O)CCCCCCCCCC(C)C. The largest absolute Gasteiger partial charge is 0.472 e. The highest BCUT2D eigenvalue weighted by atomic mass is 31.2. The van der Waals surface area contributed by atoms with Crippen LogP contribution in [0.1, 0.15) is 337 Å². The normalized spacial score (nSPS) is 14.2. The summed E-state index contributed by atoms with van der Waals surface area (Å²) in [5.41, 5.74) is 0. The summed E-state index contributed by atoms with van der Waals surface area (Å²) in [5.74, 6) is -0.693. The van der Waals surface area contributed by atoms with Gasteiger partial charge >= 0.3 is 39.5 Å². The van der Waals surface area contributed by atoms with Crippen LogP contribution in [-0.4, -0.2) is 96.7 Å². The summed E-state index contributed by atoms with van der Waals surface area (Å²) in [6.45, 7) is 9.42. The molecule has 0 heterocycles. The lowest BCUT2D eigenvalue weighted by molar-refractivity contribution is -0.161. The first kappa shape index (κ1) is 84.1. The molecule has 0 spiro atoms. The molecule has 3 N–H and O–H groups in total. The first-order chi connectivity index (χ1) is 41.4. The van der Waals surface area contributed by atoms with E-state index in [-0.39, 0.29) is 25.7 Å². The molecule has 0 aliphatic rings. The van der Waals surface area contributed by atoms with E-state index in [0.29, 0.717) is 31.6 Å².